The van der Waals surface area contributed by atoms with E-state index in [9.17, 15) is 13.2 Å². The van der Waals surface area contributed by atoms with Gasteiger partial charge in [0, 0.05) is 24.7 Å². The number of ether oxygens (including phenoxy) is 1. The Morgan fingerprint density at radius 1 is 1.11 bits per heavy atom. The van der Waals surface area contributed by atoms with E-state index in [1.54, 1.807) is 18.2 Å². The van der Waals surface area contributed by atoms with Crippen molar-refractivity contribution in [3.63, 3.8) is 0 Å². The zero-order chi connectivity index (χ0) is 20.1. The lowest BCUT2D eigenvalue weighted by molar-refractivity contribution is -0.136. The van der Waals surface area contributed by atoms with Crippen LogP contribution in [-0.2, 0) is 26.0 Å². The fraction of sp³-hybridized carbons (Fsp3) is 0.316. The Labute approximate surface area is 174 Å². The number of rotatable bonds is 6. The van der Waals surface area contributed by atoms with Crippen molar-refractivity contribution in [2.75, 3.05) is 26.2 Å². The van der Waals surface area contributed by atoms with Gasteiger partial charge in [0.25, 0.3) is 5.91 Å². The molecule has 0 spiro atoms. The average molecular weight is 443 g/mol. The Morgan fingerprint density at radius 3 is 2.50 bits per heavy atom. The molecule has 9 heteroatoms. The molecule has 1 N–H and O–H groups in total. The maximum atomic E-state index is 12.9. The van der Waals surface area contributed by atoms with Gasteiger partial charge in [-0.05, 0) is 30.2 Å². The first-order valence-electron chi connectivity index (χ1n) is 8.77. The first kappa shape index (κ1) is 21.1. The summed E-state index contributed by atoms with van der Waals surface area (Å²) in [6, 6.07) is 13.6. The summed E-state index contributed by atoms with van der Waals surface area (Å²) in [6.45, 7) is 0.606. The number of nitrogens with one attached hydrogen (secondary N) is 1. The summed E-state index contributed by atoms with van der Waals surface area (Å²) in [5.74, 6) is -0.355. The molecule has 2 aromatic carbocycles. The number of nitrogens with zero attached hydrogens (tertiary/aromatic N) is 1. The van der Waals surface area contributed by atoms with Crippen LogP contribution in [0.1, 0.15) is 5.56 Å². The Balaban J connectivity index is 1.60. The number of benzene rings is 2. The molecule has 0 aromatic heterocycles. The van der Waals surface area contributed by atoms with Gasteiger partial charge in [-0.2, -0.15) is 4.31 Å². The van der Waals surface area contributed by atoms with E-state index >= 15 is 0 Å². The molecule has 28 heavy (non-hydrogen) atoms. The standard InChI is InChI=1S/C19H20Cl2N2O4S/c20-15-6-2-1-5-14(15)9-10-22-19(24)17-13-23(11-12-27-17)28(25,26)18-8-4-3-7-16(18)21/h1-8,17H,9-13H2,(H,22,24)/t17-/m0/s1. The van der Waals surface area contributed by atoms with Crippen LogP contribution in [0, 0.1) is 0 Å². The minimum absolute atomic E-state index is 0.0245. The van der Waals surface area contributed by atoms with Gasteiger partial charge in [-0.1, -0.05) is 53.5 Å². The van der Waals surface area contributed by atoms with Crippen LogP contribution in [0.3, 0.4) is 0 Å². The van der Waals surface area contributed by atoms with Crippen molar-refractivity contribution in [1.29, 1.82) is 0 Å². The Bertz CT molecular complexity index is 952. The zero-order valence-electron chi connectivity index (χ0n) is 15.0. The molecule has 3 rings (SSSR count). The molecule has 1 aliphatic heterocycles. The summed E-state index contributed by atoms with van der Waals surface area (Å²) in [4.78, 5) is 12.5. The van der Waals surface area contributed by atoms with E-state index in [1.807, 2.05) is 18.2 Å². The molecule has 0 bridgehead atoms. The van der Waals surface area contributed by atoms with Gasteiger partial charge in [0.1, 0.15) is 11.0 Å². The van der Waals surface area contributed by atoms with Crippen LogP contribution in [0.15, 0.2) is 53.4 Å². The second kappa shape index (κ2) is 9.24. The Morgan fingerprint density at radius 2 is 1.79 bits per heavy atom. The molecule has 1 fully saturated rings. The SMILES string of the molecule is O=C(NCCc1ccccc1Cl)[C@@H]1CN(S(=O)(=O)c2ccccc2Cl)CCO1. The molecule has 6 nitrogen and oxygen atoms in total. The van der Waals surface area contributed by atoms with Gasteiger partial charge in [-0.15, -0.1) is 0 Å². The fourth-order valence-electron chi connectivity index (χ4n) is 2.93. The molecule has 0 saturated carbocycles. The fourth-order valence-corrected chi connectivity index (χ4v) is 5.08. The van der Waals surface area contributed by atoms with Gasteiger partial charge >= 0.3 is 0 Å². The van der Waals surface area contributed by atoms with E-state index in [-0.39, 0.29) is 35.5 Å². The molecule has 1 heterocycles. The number of amides is 1. The Kier molecular flexibility index (Phi) is 6.95. The smallest absolute Gasteiger partial charge is 0.250 e. The highest BCUT2D eigenvalue weighted by atomic mass is 35.5. The van der Waals surface area contributed by atoms with E-state index in [0.29, 0.717) is 18.0 Å². The predicted molar refractivity (Wildman–Crippen MR) is 108 cm³/mol. The number of hydrogen-bond acceptors (Lipinski definition) is 4. The second-order valence-corrected chi connectivity index (χ2v) is 9.01. The first-order valence-corrected chi connectivity index (χ1v) is 11.0. The molecular weight excluding hydrogens is 423 g/mol. The highest BCUT2D eigenvalue weighted by Crippen LogP contribution is 2.25. The van der Waals surface area contributed by atoms with Crippen LogP contribution in [-0.4, -0.2) is 51.0 Å². The van der Waals surface area contributed by atoms with Crippen LogP contribution in [0.25, 0.3) is 0 Å². The third kappa shape index (κ3) is 4.85. The largest absolute Gasteiger partial charge is 0.366 e. The quantitative estimate of drug-likeness (QED) is 0.745. The lowest BCUT2D eigenvalue weighted by Gasteiger charge is -2.31. The summed E-state index contributed by atoms with van der Waals surface area (Å²) in [5, 5.41) is 3.57. The molecule has 0 aliphatic carbocycles. The van der Waals surface area contributed by atoms with E-state index in [4.69, 9.17) is 27.9 Å². The number of halogens is 2. The van der Waals surface area contributed by atoms with Crippen LogP contribution < -0.4 is 5.32 Å². The summed E-state index contributed by atoms with van der Waals surface area (Å²) >= 11 is 12.1. The van der Waals surface area contributed by atoms with Gasteiger partial charge in [-0.3, -0.25) is 4.79 Å². The third-order valence-electron chi connectivity index (χ3n) is 4.43. The molecule has 1 aliphatic rings. The summed E-state index contributed by atoms with van der Waals surface area (Å²) < 4.78 is 32.4. The zero-order valence-corrected chi connectivity index (χ0v) is 17.3. The summed E-state index contributed by atoms with van der Waals surface area (Å²) in [5.41, 5.74) is 0.928. The van der Waals surface area contributed by atoms with Gasteiger partial charge < -0.3 is 10.1 Å². The monoisotopic (exact) mass is 442 g/mol. The highest BCUT2D eigenvalue weighted by Gasteiger charge is 2.34. The molecular formula is C19H20Cl2N2O4S. The maximum absolute atomic E-state index is 12.9. The third-order valence-corrected chi connectivity index (χ3v) is 7.16. The van der Waals surface area contributed by atoms with Crippen LogP contribution in [0.4, 0.5) is 0 Å². The molecule has 0 unspecified atom stereocenters. The van der Waals surface area contributed by atoms with Crippen molar-refractivity contribution in [1.82, 2.24) is 9.62 Å². The maximum Gasteiger partial charge on any atom is 0.250 e. The summed E-state index contributed by atoms with van der Waals surface area (Å²) in [6.07, 6.45) is -0.308. The van der Waals surface area contributed by atoms with Crippen LogP contribution >= 0.6 is 23.2 Å². The molecule has 1 saturated heterocycles. The average Bonchev–Trinajstić information content (AvgIpc) is 2.69. The lowest BCUT2D eigenvalue weighted by Crippen LogP contribution is -2.51. The van der Waals surface area contributed by atoms with Crippen molar-refractivity contribution in [2.24, 2.45) is 0 Å². The molecule has 150 valence electrons. The van der Waals surface area contributed by atoms with Gasteiger partial charge in [0.05, 0.1) is 11.6 Å². The minimum atomic E-state index is -3.80. The van der Waals surface area contributed by atoms with E-state index in [0.717, 1.165) is 5.56 Å². The Hall–Kier alpha value is -1.64. The van der Waals surface area contributed by atoms with Crippen LogP contribution in [0.5, 0.6) is 0 Å². The van der Waals surface area contributed by atoms with Gasteiger partial charge in [0.2, 0.25) is 10.0 Å². The topological polar surface area (TPSA) is 75.7 Å². The highest BCUT2D eigenvalue weighted by molar-refractivity contribution is 7.89. The number of morpholine rings is 1. The number of sulfonamides is 1. The van der Waals surface area contributed by atoms with E-state index < -0.39 is 16.1 Å². The number of hydrogen-bond donors (Lipinski definition) is 1. The number of carbonyl (C=O) groups excluding carboxylic acids is 1. The molecule has 1 amide bonds. The first-order chi connectivity index (χ1) is 13.4. The van der Waals surface area contributed by atoms with E-state index in [2.05, 4.69) is 5.32 Å². The van der Waals surface area contributed by atoms with Gasteiger partial charge in [0.15, 0.2) is 0 Å². The summed E-state index contributed by atoms with van der Waals surface area (Å²) in [7, 11) is -3.80. The molecule has 1 atom stereocenters. The van der Waals surface area contributed by atoms with Crippen molar-refractivity contribution in [3.8, 4) is 0 Å². The second-order valence-electron chi connectivity index (χ2n) is 6.29. The van der Waals surface area contributed by atoms with Crippen molar-refractivity contribution >= 4 is 39.1 Å². The van der Waals surface area contributed by atoms with E-state index in [1.165, 1.54) is 16.4 Å². The predicted octanol–water partition coefficient (Wildman–Crippen LogP) is 2.74. The number of carbonyl (C=O) groups is 1. The van der Waals surface area contributed by atoms with Crippen molar-refractivity contribution < 1.29 is 17.9 Å². The van der Waals surface area contributed by atoms with Crippen molar-refractivity contribution in [3.05, 3.63) is 64.1 Å². The van der Waals surface area contributed by atoms with Crippen LogP contribution in [0.2, 0.25) is 10.0 Å². The normalized spacial score (nSPS) is 18.0. The minimum Gasteiger partial charge on any atom is -0.366 e. The molecule has 2 aromatic rings. The van der Waals surface area contributed by atoms with Crippen molar-refractivity contribution in [2.45, 2.75) is 17.4 Å². The lowest BCUT2D eigenvalue weighted by atomic mass is 10.1. The van der Waals surface area contributed by atoms with Gasteiger partial charge in [-0.25, -0.2) is 8.42 Å². The molecule has 0 radical (unpaired) electrons.